The van der Waals surface area contributed by atoms with Gasteiger partial charge in [0.15, 0.2) is 0 Å². The van der Waals surface area contributed by atoms with Gasteiger partial charge in [0.1, 0.15) is 0 Å². The van der Waals surface area contributed by atoms with Crippen molar-refractivity contribution >= 4 is 17.6 Å². The van der Waals surface area contributed by atoms with E-state index >= 15 is 0 Å². The molecule has 2 heterocycles. The lowest BCUT2D eigenvalue weighted by Crippen LogP contribution is -2.50. The molecule has 0 radical (unpaired) electrons. The summed E-state index contributed by atoms with van der Waals surface area (Å²) in [6, 6.07) is 7.97. The lowest BCUT2D eigenvalue weighted by Gasteiger charge is -2.38. The van der Waals surface area contributed by atoms with E-state index in [1.807, 2.05) is 29.2 Å². The molecular weight excluding hydrogens is 364 g/mol. The zero-order valence-corrected chi connectivity index (χ0v) is 18.1. The van der Waals surface area contributed by atoms with Gasteiger partial charge >= 0.3 is 6.03 Å². The zero-order valence-electron chi connectivity index (χ0n) is 18.1. The lowest BCUT2D eigenvalue weighted by molar-refractivity contribution is -0.128. The highest BCUT2D eigenvalue weighted by Crippen LogP contribution is 2.21. The fraction of sp³-hybridized carbons (Fsp3) is 0.652. The summed E-state index contributed by atoms with van der Waals surface area (Å²) in [6.07, 6.45) is 4.09. The van der Waals surface area contributed by atoms with Gasteiger partial charge in [-0.1, -0.05) is 32.9 Å². The summed E-state index contributed by atoms with van der Waals surface area (Å²) in [5, 5.41) is 5.98. The number of urea groups is 1. The van der Waals surface area contributed by atoms with Crippen molar-refractivity contribution in [3.8, 4) is 0 Å². The first-order valence-corrected chi connectivity index (χ1v) is 11.1. The molecule has 2 aliphatic rings. The standard InChI is InChI=1S/C23H36N4O2/c1-17(2)21(26-13-10-18(3)11-14-26)15-24-23(29)25-20-8-6-19(7-9-20)16-27-12-4-5-22(27)28/h6-9,17-18,21H,4-5,10-16H2,1-3H3,(H2,24,25,29). The maximum atomic E-state index is 12.4. The maximum absolute atomic E-state index is 12.4. The molecule has 1 aromatic carbocycles. The number of benzene rings is 1. The van der Waals surface area contributed by atoms with E-state index in [1.54, 1.807) is 0 Å². The normalized spacial score (nSPS) is 19.6. The van der Waals surface area contributed by atoms with Gasteiger partial charge in [0.2, 0.25) is 5.91 Å². The van der Waals surface area contributed by atoms with Crippen LogP contribution >= 0.6 is 0 Å². The molecular formula is C23H36N4O2. The number of amides is 3. The molecule has 0 aliphatic carbocycles. The first-order valence-electron chi connectivity index (χ1n) is 11.1. The average molecular weight is 401 g/mol. The van der Waals surface area contributed by atoms with Crippen molar-refractivity contribution in [2.45, 2.75) is 59.0 Å². The van der Waals surface area contributed by atoms with Crippen molar-refractivity contribution in [2.24, 2.45) is 11.8 Å². The minimum absolute atomic E-state index is 0.163. The molecule has 160 valence electrons. The molecule has 6 heteroatoms. The van der Waals surface area contributed by atoms with Crippen molar-refractivity contribution in [3.63, 3.8) is 0 Å². The van der Waals surface area contributed by atoms with Gasteiger partial charge in [0, 0.05) is 37.8 Å². The van der Waals surface area contributed by atoms with Crippen LogP contribution in [0.3, 0.4) is 0 Å². The van der Waals surface area contributed by atoms with Gasteiger partial charge < -0.3 is 15.5 Å². The van der Waals surface area contributed by atoms with Gasteiger partial charge in [-0.15, -0.1) is 0 Å². The van der Waals surface area contributed by atoms with Gasteiger partial charge in [-0.25, -0.2) is 4.79 Å². The van der Waals surface area contributed by atoms with Crippen molar-refractivity contribution in [3.05, 3.63) is 29.8 Å². The third-order valence-electron chi connectivity index (χ3n) is 6.29. The number of rotatable bonds is 7. The van der Waals surface area contributed by atoms with Crippen molar-refractivity contribution in [1.82, 2.24) is 15.1 Å². The summed E-state index contributed by atoms with van der Waals surface area (Å²) in [5.41, 5.74) is 1.86. The predicted octanol–water partition coefficient (Wildman–Crippen LogP) is 3.69. The molecule has 0 spiro atoms. The molecule has 2 aliphatic heterocycles. The monoisotopic (exact) mass is 400 g/mol. The second kappa shape index (κ2) is 10.1. The first-order chi connectivity index (χ1) is 13.9. The Bertz CT molecular complexity index is 681. The van der Waals surface area contributed by atoms with E-state index in [0.29, 0.717) is 31.5 Å². The predicted molar refractivity (Wildman–Crippen MR) is 117 cm³/mol. The van der Waals surface area contributed by atoms with Crippen LogP contribution in [0.1, 0.15) is 52.0 Å². The highest BCUT2D eigenvalue weighted by Gasteiger charge is 2.26. The summed E-state index contributed by atoms with van der Waals surface area (Å²) in [5.74, 6) is 1.53. The number of likely N-dealkylation sites (tertiary alicyclic amines) is 2. The number of piperidine rings is 1. The molecule has 29 heavy (non-hydrogen) atoms. The Hall–Kier alpha value is -2.08. The zero-order chi connectivity index (χ0) is 20.8. The molecule has 0 bridgehead atoms. The Kier molecular flexibility index (Phi) is 7.53. The van der Waals surface area contributed by atoms with Crippen LogP contribution in [0.15, 0.2) is 24.3 Å². The quantitative estimate of drug-likeness (QED) is 0.734. The summed E-state index contributed by atoms with van der Waals surface area (Å²) in [4.78, 5) is 28.6. The van der Waals surface area contributed by atoms with Crippen LogP contribution in [0.25, 0.3) is 0 Å². The topological polar surface area (TPSA) is 64.7 Å². The second-order valence-corrected chi connectivity index (χ2v) is 8.98. The first kappa shape index (κ1) is 21.6. The summed E-state index contributed by atoms with van der Waals surface area (Å²) >= 11 is 0. The third kappa shape index (κ3) is 6.20. The molecule has 1 unspecified atom stereocenters. The van der Waals surface area contributed by atoms with Crippen molar-refractivity contribution < 1.29 is 9.59 Å². The number of nitrogens with zero attached hydrogens (tertiary/aromatic N) is 2. The van der Waals surface area contributed by atoms with E-state index in [2.05, 4.69) is 36.3 Å². The van der Waals surface area contributed by atoms with Crippen LogP contribution in [0.5, 0.6) is 0 Å². The van der Waals surface area contributed by atoms with Crippen molar-refractivity contribution in [1.29, 1.82) is 0 Å². The minimum atomic E-state index is -0.163. The molecule has 3 rings (SSSR count). The SMILES string of the molecule is CC1CCN(C(CNC(=O)Nc2ccc(CN3CCCC3=O)cc2)C(C)C)CC1. The van der Waals surface area contributed by atoms with Gasteiger partial charge in [0.05, 0.1) is 0 Å². The highest BCUT2D eigenvalue weighted by molar-refractivity contribution is 5.89. The van der Waals surface area contributed by atoms with Crippen LogP contribution in [-0.2, 0) is 11.3 Å². The number of carbonyl (C=O) groups excluding carboxylic acids is 2. The molecule has 2 fully saturated rings. The Morgan fingerprint density at radius 2 is 1.83 bits per heavy atom. The molecule has 2 saturated heterocycles. The van der Waals surface area contributed by atoms with Crippen molar-refractivity contribution in [2.75, 3.05) is 31.5 Å². The Morgan fingerprint density at radius 3 is 2.41 bits per heavy atom. The number of carbonyl (C=O) groups is 2. The fourth-order valence-electron chi connectivity index (χ4n) is 4.30. The molecule has 1 atom stereocenters. The van der Waals surface area contributed by atoms with E-state index in [4.69, 9.17) is 0 Å². The van der Waals surface area contributed by atoms with E-state index in [1.165, 1.54) is 12.8 Å². The van der Waals surface area contributed by atoms with Crippen LogP contribution in [-0.4, -0.2) is 54.0 Å². The minimum Gasteiger partial charge on any atom is -0.338 e. The van der Waals surface area contributed by atoms with E-state index in [0.717, 1.165) is 43.2 Å². The molecule has 0 aromatic heterocycles. The molecule has 2 N–H and O–H groups in total. The maximum Gasteiger partial charge on any atom is 0.319 e. The number of anilines is 1. The van der Waals surface area contributed by atoms with Crippen LogP contribution < -0.4 is 10.6 Å². The summed E-state index contributed by atoms with van der Waals surface area (Å²) < 4.78 is 0. The van der Waals surface area contributed by atoms with Gasteiger partial charge in [-0.2, -0.15) is 0 Å². The molecule has 6 nitrogen and oxygen atoms in total. The smallest absolute Gasteiger partial charge is 0.319 e. The lowest BCUT2D eigenvalue weighted by atomic mass is 9.94. The fourth-order valence-corrected chi connectivity index (χ4v) is 4.30. The largest absolute Gasteiger partial charge is 0.338 e. The average Bonchev–Trinajstić information content (AvgIpc) is 3.09. The third-order valence-corrected chi connectivity index (χ3v) is 6.29. The summed E-state index contributed by atoms with van der Waals surface area (Å²) in [7, 11) is 0. The van der Waals surface area contributed by atoms with Crippen LogP contribution in [0.2, 0.25) is 0 Å². The second-order valence-electron chi connectivity index (χ2n) is 8.98. The van der Waals surface area contributed by atoms with E-state index < -0.39 is 0 Å². The Morgan fingerprint density at radius 1 is 1.14 bits per heavy atom. The van der Waals surface area contributed by atoms with Crippen LogP contribution in [0, 0.1) is 11.8 Å². The number of nitrogens with one attached hydrogen (secondary N) is 2. The molecule has 0 saturated carbocycles. The van der Waals surface area contributed by atoms with Gasteiger partial charge in [0.25, 0.3) is 0 Å². The number of hydrogen-bond donors (Lipinski definition) is 2. The Labute approximate surface area is 175 Å². The molecule has 1 aromatic rings. The van der Waals surface area contributed by atoms with E-state index in [-0.39, 0.29) is 11.9 Å². The van der Waals surface area contributed by atoms with Gasteiger partial charge in [-0.3, -0.25) is 9.69 Å². The Balaban J connectivity index is 1.46. The highest BCUT2D eigenvalue weighted by atomic mass is 16.2. The molecule has 3 amide bonds. The van der Waals surface area contributed by atoms with Crippen LogP contribution in [0.4, 0.5) is 10.5 Å². The number of hydrogen-bond acceptors (Lipinski definition) is 3. The summed E-state index contributed by atoms with van der Waals surface area (Å²) in [6.45, 7) is 11.2. The van der Waals surface area contributed by atoms with E-state index in [9.17, 15) is 9.59 Å². The van der Waals surface area contributed by atoms with Gasteiger partial charge in [-0.05, 0) is 61.9 Å².